The van der Waals surface area contributed by atoms with Crippen LogP contribution in [0, 0.1) is 5.82 Å². The highest BCUT2D eigenvalue weighted by molar-refractivity contribution is 5.64. The van der Waals surface area contributed by atoms with E-state index in [4.69, 9.17) is 5.11 Å². The van der Waals surface area contributed by atoms with Gasteiger partial charge in [-0.05, 0) is 36.0 Å². The second-order valence-corrected chi connectivity index (χ2v) is 3.79. The lowest BCUT2D eigenvalue weighted by molar-refractivity contribution is 0.194. The van der Waals surface area contributed by atoms with E-state index in [2.05, 4.69) is 5.32 Å². The number of nitrogens with one attached hydrogen (secondary N) is 1. The fraction of sp³-hybridized carbons (Fsp3) is 0.364. The largest absolute Gasteiger partial charge is 0.465 e. The normalized spacial score (nSPS) is 15.0. The minimum absolute atomic E-state index is 0.184. The zero-order chi connectivity index (χ0) is 10.8. The average Bonchev–Trinajstić information content (AvgIpc) is 3.00. The van der Waals surface area contributed by atoms with Crippen molar-refractivity contribution in [2.24, 2.45) is 0 Å². The van der Waals surface area contributed by atoms with Gasteiger partial charge in [-0.15, -0.1) is 0 Å². The quantitative estimate of drug-likeness (QED) is 0.803. The molecule has 3 nitrogen and oxygen atoms in total. The Kier molecular flexibility index (Phi) is 2.58. The van der Waals surface area contributed by atoms with E-state index in [1.54, 1.807) is 12.1 Å². The van der Waals surface area contributed by atoms with Gasteiger partial charge in [0.25, 0.3) is 0 Å². The molecule has 0 bridgehead atoms. The summed E-state index contributed by atoms with van der Waals surface area (Å²) in [5, 5.41) is 10.7. The van der Waals surface area contributed by atoms with Crippen molar-refractivity contribution in [3.63, 3.8) is 0 Å². The number of carbonyl (C=O) groups is 1. The molecule has 0 aromatic heterocycles. The molecule has 80 valence electrons. The van der Waals surface area contributed by atoms with Crippen LogP contribution in [0.15, 0.2) is 18.2 Å². The van der Waals surface area contributed by atoms with Gasteiger partial charge in [-0.3, -0.25) is 0 Å². The van der Waals surface area contributed by atoms with E-state index in [1.807, 2.05) is 0 Å². The van der Waals surface area contributed by atoms with Crippen LogP contribution in [0.3, 0.4) is 0 Å². The molecule has 1 aromatic rings. The fourth-order valence-electron chi connectivity index (χ4n) is 1.59. The van der Waals surface area contributed by atoms with E-state index in [9.17, 15) is 9.18 Å². The van der Waals surface area contributed by atoms with Crippen LogP contribution in [-0.2, 0) is 6.54 Å². The monoisotopic (exact) mass is 209 g/mol. The van der Waals surface area contributed by atoms with Gasteiger partial charge in [0.05, 0.1) is 0 Å². The Morgan fingerprint density at radius 1 is 1.53 bits per heavy atom. The molecule has 4 heteroatoms. The van der Waals surface area contributed by atoms with Crippen molar-refractivity contribution in [1.82, 2.24) is 5.32 Å². The molecule has 2 N–H and O–H groups in total. The molecule has 1 aromatic carbocycles. The van der Waals surface area contributed by atoms with Gasteiger partial charge in [0.15, 0.2) is 0 Å². The van der Waals surface area contributed by atoms with Gasteiger partial charge < -0.3 is 10.4 Å². The summed E-state index contributed by atoms with van der Waals surface area (Å²) in [4.78, 5) is 10.3. The van der Waals surface area contributed by atoms with Crippen molar-refractivity contribution in [2.75, 3.05) is 0 Å². The first kappa shape index (κ1) is 9.96. The summed E-state index contributed by atoms with van der Waals surface area (Å²) < 4.78 is 13.3. The van der Waals surface area contributed by atoms with Crippen molar-refractivity contribution in [1.29, 1.82) is 0 Å². The fourth-order valence-corrected chi connectivity index (χ4v) is 1.59. The van der Waals surface area contributed by atoms with Gasteiger partial charge in [-0.25, -0.2) is 9.18 Å². The Balaban J connectivity index is 2.11. The zero-order valence-corrected chi connectivity index (χ0v) is 8.16. The summed E-state index contributed by atoms with van der Waals surface area (Å²) in [5.41, 5.74) is 1.53. The molecule has 1 aliphatic rings. The van der Waals surface area contributed by atoms with Crippen molar-refractivity contribution in [3.05, 3.63) is 35.1 Å². The van der Waals surface area contributed by atoms with E-state index < -0.39 is 6.09 Å². The topological polar surface area (TPSA) is 49.3 Å². The molecular formula is C11H12FNO2. The Hall–Kier alpha value is -1.58. The maximum Gasteiger partial charge on any atom is 0.404 e. The molecule has 0 spiro atoms. The standard InChI is InChI=1S/C11H12FNO2/c12-10-4-1-7(6-13-11(14)15)5-9(10)8-2-3-8/h1,4-5,8,13H,2-3,6H2,(H,14,15). The van der Waals surface area contributed by atoms with Crippen molar-refractivity contribution in [3.8, 4) is 0 Å². The number of rotatable bonds is 3. The van der Waals surface area contributed by atoms with Crippen molar-refractivity contribution >= 4 is 6.09 Å². The third-order valence-electron chi connectivity index (χ3n) is 2.52. The lowest BCUT2D eigenvalue weighted by Crippen LogP contribution is -2.20. The van der Waals surface area contributed by atoms with Crippen LogP contribution in [0.25, 0.3) is 0 Å². The molecule has 0 atom stereocenters. The number of amides is 1. The van der Waals surface area contributed by atoms with Crippen LogP contribution in [0.5, 0.6) is 0 Å². The van der Waals surface area contributed by atoms with E-state index >= 15 is 0 Å². The van der Waals surface area contributed by atoms with E-state index in [0.717, 1.165) is 24.0 Å². The minimum atomic E-state index is -1.06. The molecule has 0 radical (unpaired) electrons. The van der Waals surface area contributed by atoms with Crippen LogP contribution in [0.4, 0.5) is 9.18 Å². The molecule has 0 saturated heterocycles. The maximum absolute atomic E-state index is 13.3. The molecule has 2 rings (SSSR count). The highest BCUT2D eigenvalue weighted by atomic mass is 19.1. The van der Waals surface area contributed by atoms with Gasteiger partial charge >= 0.3 is 6.09 Å². The van der Waals surface area contributed by atoms with Crippen LogP contribution in [0.1, 0.15) is 29.9 Å². The van der Waals surface area contributed by atoms with Gasteiger partial charge in [-0.1, -0.05) is 12.1 Å². The molecule has 0 unspecified atom stereocenters. The number of hydrogen-bond donors (Lipinski definition) is 2. The van der Waals surface area contributed by atoms with E-state index in [1.165, 1.54) is 6.07 Å². The Bertz CT molecular complexity index is 388. The van der Waals surface area contributed by atoms with Crippen LogP contribution in [0.2, 0.25) is 0 Å². The van der Waals surface area contributed by atoms with Gasteiger partial charge in [0.2, 0.25) is 0 Å². The van der Waals surface area contributed by atoms with Crippen LogP contribution >= 0.6 is 0 Å². The number of benzene rings is 1. The zero-order valence-electron chi connectivity index (χ0n) is 8.16. The summed E-state index contributed by atoms with van der Waals surface area (Å²) in [6.07, 6.45) is 1.01. The number of hydrogen-bond acceptors (Lipinski definition) is 1. The van der Waals surface area contributed by atoms with Crippen molar-refractivity contribution in [2.45, 2.75) is 25.3 Å². The van der Waals surface area contributed by atoms with E-state index in [0.29, 0.717) is 5.92 Å². The third-order valence-corrected chi connectivity index (χ3v) is 2.52. The average molecular weight is 209 g/mol. The first-order chi connectivity index (χ1) is 7.16. The molecule has 15 heavy (non-hydrogen) atoms. The summed E-state index contributed by atoms with van der Waals surface area (Å²) in [6, 6.07) is 4.77. The molecule has 0 aliphatic heterocycles. The number of carboxylic acid groups (broad SMARTS) is 1. The lowest BCUT2D eigenvalue weighted by atomic mass is 10.1. The first-order valence-electron chi connectivity index (χ1n) is 4.92. The van der Waals surface area contributed by atoms with E-state index in [-0.39, 0.29) is 12.4 Å². The second-order valence-electron chi connectivity index (χ2n) is 3.79. The highest BCUT2D eigenvalue weighted by Crippen LogP contribution is 2.41. The predicted octanol–water partition coefficient (Wildman–Crippen LogP) is 2.47. The first-order valence-corrected chi connectivity index (χ1v) is 4.92. The second kappa shape index (κ2) is 3.88. The van der Waals surface area contributed by atoms with Gasteiger partial charge in [0.1, 0.15) is 5.82 Å². The van der Waals surface area contributed by atoms with Crippen LogP contribution in [-0.4, -0.2) is 11.2 Å². The van der Waals surface area contributed by atoms with Crippen LogP contribution < -0.4 is 5.32 Å². The maximum atomic E-state index is 13.3. The summed E-state index contributed by atoms with van der Waals surface area (Å²) in [7, 11) is 0. The molecule has 0 heterocycles. The van der Waals surface area contributed by atoms with Gasteiger partial charge in [0, 0.05) is 6.54 Å². The summed E-state index contributed by atoms with van der Waals surface area (Å²) in [5.74, 6) is 0.159. The molecule has 1 fully saturated rings. The van der Waals surface area contributed by atoms with Gasteiger partial charge in [-0.2, -0.15) is 0 Å². The summed E-state index contributed by atoms with van der Waals surface area (Å²) in [6.45, 7) is 0.231. The smallest absolute Gasteiger partial charge is 0.404 e. The molecular weight excluding hydrogens is 197 g/mol. The molecule has 1 saturated carbocycles. The molecule has 1 aliphatic carbocycles. The number of halogens is 1. The summed E-state index contributed by atoms with van der Waals surface area (Å²) >= 11 is 0. The highest BCUT2D eigenvalue weighted by Gasteiger charge is 2.26. The Labute approximate surface area is 86.9 Å². The molecule has 1 amide bonds. The third kappa shape index (κ3) is 2.46. The lowest BCUT2D eigenvalue weighted by Gasteiger charge is -2.05. The Morgan fingerprint density at radius 3 is 2.87 bits per heavy atom. The van der Waals surface area contributed by atoms with Crippen molar-refractivity contribution < 1.29 is 14.3 Å². The SMILES string of the molecule is O=C(O)NCc1ccc(F)c(C2CC2)c1. The Morgan fingerprint density at radius 2 is 2.27 bits per heavy atom. The minimum Gasteiger partial charge on any atom is -0.465 e. The predicted molar refractivity (Wildman–Crippen MR) is 53.2 cm³/mol.